The van der Waals surface area contributed by atoms with Crippen molar-refractivity contribution in [3.8, 4) is 0 Å². The third kappa shape index (κ3) is 4.48. The number of aromatic nitrogens is 2. The second-order valence-electron chi connectivity index (χ2n) is 7.12. The number of likely N-dealkylation sites (tertiary alicyclic amines) is 1. The molecule has 1 aliphatic carbocycles. The number of aliphatic hydroxyl groups excluding tert-OH is 1. The van der Waals surface area contributed by atoms with Gasteiger partial charge in [0.2, 0.25) is 5.91 Å². The van der Waals surface area contributed by atoms with Crippen LogP contribution in [0.5, 0.6) is 0 Å². The van der Waals surface area contributed by atoms with Crippen LogP contribution in [0.4, 0.5) is 4.79 Å². The van der Waals surface area contributed by atoms with Crippen molar-refractivity contribution in [3.05, 3.63) is 45.9 Å². The lowest BCUT2D eigenvalue weighted by Crippen LogP contribution is -2.45. The molecule has 8 nitrogen and oxygen atoms in total. The molecule has 1 aromatic carbocycles. The van der Waals surface area contributed by atoms with Crippen LogP contribution in [0.25, 0.3) is 0 Å². The highest BCUT2D eigenvalue weighted by atomic mass is 32.1. The number of hydrogen-bond acceptors (Lipinski definition) is 7. The van der Waals surface area contributed by atoms with E-state index < -0.39 is 18.2 Å². The molecular weight excluding hydrogens is 380 g/mol. The first-order valence-corrected chi connectivity index (χ1v) is 10.2. The van der Waals surface area contributed by atoms with Gasteiger partial charge < -0.3 is 15.2 Å². The summed E-state index contributed by atoms with van der Waals surface area (Å²) in [5.41, 5.74) is 0.860. The van der Waals surface area contributed by atoms with E-state index in [9.17, 15) is 14.7 Å². The Morgan fingerprint density at radius 2 is 2.04 bits per heavy atom. The van der Waals surface area contributed by atoms with Gasteiger partial charge in [0.25, 0.3) is 0 Å². The predicted molar refractivity (Wildman–Crippen MR) is 101 cm³/mol. The van der Waals surface area contributed by atoms with Crippen LogP contribution < -0.4 is 5.32 Å². The first-order valence-electron chi connectivity index (χ1n) is 9.35. The fourth-order valence-electron chi connectivity index (χ4n) is 3.18. The Kier molecular flexibility index (Phi) is 5.54. The van der Waals surface area contributed by atoms with E-state index in [0.29, 0.717) is 5.92 Å². The van der Waals surface area contributed by atoms with E-state index in [2.05, 4.69) is 15.5 Å². The second-order valence-corrected chi connectivity index (χ2v) is 8.22. The van der Waals surface area contributed by atoms with Crippen molar-refractivity contribution in [2.24, 2.45) is 0 Å². The number of nitrogens with zero attached hydrogens (tertiary/aromatic N) is 3. The Balaban J connectivity index is 1.31. The Morgan fingerprint density at radius 1 is 1.25 bits per heavy atom. The van der Waals surface area contributed by atoms with E-state index >= 15 is 0 Å². The van der Waals surface area contributed by atoms with Crippen molar-refractivity contribution in [1.29, 1.82) is 0 Å². The van der Waals surface area contributed by atoms with Crippen molar-refractivity contribution >= 4 is 23.3 Å². The fourth-order valence-corrected chi connectivity index (χ4v) is 4.13. The van der Waals surface area contributed by atoms with E-state index in [0.717, 1.165) is 28.4 Å². The minimum absolute atomic E-state index is 0.0797. The topological polar surface area (TPSA) is 105 Å². The number of carbonyl (C=O) groups is 2. The van der Waals surface area contributed by atoms with Gasteiger partial charge in [0.15, 0.2) is 0 Å². The summed E-state index contributed by atoms with van der Waals surface area (Å²) in [5.74, 6) is 0.207. The van der Waals surface area contributed by atoms with E-state index in [1.165, 1.54) is 16.2 Å². The molecule has 1 saturated heterocycles. The standard InChI is InChI=1S/C19H22N4O4S/c24-14-8-15(17(25)20-9-16-21-22-18(28-16)13-6-7-13)23(10-14)19(26)27-11-12-4-2-1-3-5-12/h1-5,13-15,24H,6-11H2,(H,20,25)/t14-,15+/m1/s1. The zero-order chi connectivity index (χ0) is 19.5. The number of hydrogen-bond donors (Lipinski definition) is 2. The summed E-state index contributed by atoms with van der Waals surface area (Å²) in [6, 6.07) is 8.56. The fraction of sp³-hybridized carbons (Fsp3) is 0.474. The van der Waals surface area contributed by atoms with Gasteiger partial charge in [-0.3, -0.25) is 9.69 Å². The molecule has 0 radical (unpaired) electrons. The zero-order valence-corrected chi connectivity index (χ0v) is 16.1. The maximum absolute atomic E-state index is 12.6. The van der Waals surface area contributed by atoms with Crippen LogP contribution in [-0.4, -0.2) is 50.9 Å². The molecule has 9 heteroatoms. The lowest BCUT2D eigenvalue weighted by atomic mass is 10.2. The number of ether oxygens (including phenoxy) is 1. The Morgan fingerprint density at radius 3 is 2.79 bits per heavy atom. The number of benzene rings is 1. The number of β-amino-alcohol motifs (C(OH)–C–C–N with tert-alkyl or cyclic N) is 1. The molecule has 2 N–H and O–H groups in total. The van der Waals surface area contributed by atoms with Crippen molar-refractivity contribution in [2.45, 2.75) is 50.5 Å². The summed E-state index contributed by atoms with van der Waals surface area (Å²) in [6.07, 6.45) is 1.15. The van der Waals surface area contributed by atoms with Gasteiger partial charge in [0.1, 0.15) is 22.7 Å². The van der Waals surface area contributed by atoms with Gasteiger partial charge in [-0.2, -0.15) is 0 Å². The number of nitrogens with one attached hydrogen (secondary N) is 1. The number of carbonyl (C=O) groups excluding carboxylic acids is 2. The van der Waals surface area contributed by atoms with Gasteiger partial charge in [-0.25, -0.2) is 4.79 Å². The largest absolute Gasteiger partial charge is 0.445 e. The van der Waals surface area contributed by atoms with Gasteiger partial charge in [0, 0.05) is 12.3 Å². The SMILES string of the molecule is O=C(NCc1nnc(C2CC2)s1)[C@@H]1C[C@@H](O)CN1C(=O)OCc1ccccc1. The quantitative estimate of drug-likeness (QED) is 0.764. The highest BCUT2D eigenvalue weighted by Gasteiger charge is 2.40. The molecule has 2 aliphatic rings. The third-order valence-corrected chi connectivity index (χ3v) is 5.93. The molecule has 1 aromatic heterocycles. The summed E-state index contributed by atoms with van der Waals surface area (Å²) in [4.78, 5) is 26.3. The summed E-state index contributed by atoms with van der Waals surface area (Å²) in [6.45, 7) is 0.467. The molecule has 1 aliphatic heterocycles. The number of amides is 2. The van der Waals surface area contributed by atoms with Crippen molar-refractivity contribution in [1.82, 2.24) is 20.4 Å². The van der Waals surface area contributed by atoms with Crippen LogP contribution in [0.1, 0.15) is 40.8 Å². The number of rotatable bonds is 6. The minimum atomic E-state index is -0.755. The van der Waals surface area contributed by atoms with Gasteiger partial charge in [-0.1, -0.05) is 41.7 Å². The molecule has 2 heterocycles. The molecule has 2 aromatic rings. The molecular formula is C19H22N4O4S. The summed E-state index contributed by atoms with van der Waals surface area (Å²) >= 11 is 1.51. The molecule has 1 saturated carbocycles. The molecule has 0 spiro atoms. The first kappa shape index (κ1) is 18.8. The van der Waals surface area contributed by atoms with Crippen molar-refractivity contribution in [2.75, 3.05) is 6.54 Å². The maximum Gasteiger partial charge on any atom is 0.410 e. The normalized spacial score (nSPS) is 21.5. The predicted octanol–water partition coefficient (Wildman–Crippen LogP) is 1.80. The Bertz CT molecular complexity index is 839. The Hall–Kier alpha value is -2.52. The van der Waals surface area contributed by atoms with Crippen molar-refractivity contribution in [3.63, 3.8) is 0 Å². The third-order valence-electron chi connectivity index (χ3n) is 4.84. The minimum Gasteiger partial charge on any atom is -0.445 e. The monoisotopic (exact) mass is 402 g/mol. The smallest absolute Gasteiger partial charge is 0.410 e. The highest BCUT2D eigenvalue weighted by molar-refractivity contribution is 7.11. The molecule has 2 amide bonds. The lowest BCUT2D eigenvalue weighted by Gasteiger charge is -2.22. The van der Waals surface area contributed by atoms with Gasteiger partial charge in [-0.15, -0.1) is 10.2 Å². The van der Waals surface area contributed by atoms with Crippen LogP contribution >= 0.6 is 11.3 Å². The lowest BCUT2D eigenvalue weighted by molar-refractivity contribution is -0.125. The van der Waals surface area contributed by atoms with Crippen LogP contribution in [0, 0.1) is 0 Å². The first-order chi connectivity index (χ1) is 13.6. The number of aliphatic hydroxyl groups is 1. The van der Waals surface area contributed by atoms with Crippen molar-refractivity contribution < 1.29 is 19.4 Å². The molecule has 0 unspecified atom stereocenters. The second kappa shape index (κ2) is 8.24. The van der Waals surface area contributed by atoms with E-state index in [4.69, 9.17) is 4.74 Å². The van der Waals surface area contributed by atoms with Gasteiger partial charge in [-0.05, 0) is 18.4 Å². The van der Waals surface area contributed by atoms with Crippen LogP contribution in [0.2, 0.25) is 0 Å². The average molecular weight is 402 g/mol. The Labute approximate surface area is 166 Å². The molecule has 2 atom stereocenters. The summed E-state index contributed by atoms with van der Waals surface area (Å²) in [5, 5.41) is 22.8. The van der Waals surface area contributed by atoms with Gasteiger partial charge >= 0.3 is 6.09 Å². The maximum atomic E-state index is 12.6. The zero-order valence-electron chi connectivity index (χ0n) is 15.3. The molecule has 28 heavy (non-hydrogen) atoms. The van der Waals surface area contributed by atoms with Crippen LogP contribution in [0.15, 0.2) is 30.3 Å². The van der Waals surface area contributed by atoms with E-state index in [1.807, 2.05) is 30.3 Å². The summed E-state index contributed by atoms with van der Waals surface area (Å²) in [7, 11) is 0. The van der Waals surface area contributed by atoms with E-state index in [-0.39, 0.29) is 32.0 Å². The molecule has 2 fully saturated rings. The van der Waals surface area contributed by atoms with Crippen LogP contribution in [-0.2, 0) is 22.7 Å². The van der Waals surface area contributed by atoms with E-state index in [1.54, 1.807) is 0 Å². The average Bonchev–Trinajstić information content (AvgIpc) is 3.32. The molecule has 4 rings (SSSR count). The van der Waals surface area contributed by atoms with Crippen LogP contribution in [0.3, 0.4) is 0 Å². The molecule has 148 valence electrons. The highest BCUT2D eigenvalue weighted by Crippen LogP contribution is 2.41. The summed E-state index contributed by atoms with van der Waals surface area (Å²) < 4.78 is 5.32. The van der Waals surface area contributed by atoms with Gasteiger partial charge in [0.05, 0.1) is 19.2 Å². The molecule has 0 bridgehead atoms.